The molecule has 1 heterocycles. The van der Waals surface area contributed by atoms with Crippen LogP contribution in [0, 0.1) is 0 Å². The van der Waals surface area contributed by atoms with E-state index in [9.17, 15) is 16.8 Å². The highest BCUT2D eigenvalue weighted by Crippen LogP contribution is 2.26. The van der Waals surface area contributed by atoms with Gasteiger partial charge in [0, 0.05) is 13.0 Å². The lowest BCUT2D eigenvalue weighted by Gasteiger charge is -2.11. The molecule has 2 aromatic carbocycles. The molecule has 1 aliphatic rings. The van der Waals surface area contributed by atoms with Crippen molar-refractivity contribution in [1.29, 1.82) is 0 Å². The summed E-state index contributed by atoms with van der Waals surface area (Å²) >= 11 is 11.7. The molecule has 0 amide bonds. The Morgan fingerprint density at radius 1 is 0.852 bits per heavy atom. The fourth-order valence-electron chi connectivity index (χ4n) is 2.42. The standard InChI is InChI=1S/C16H15Cl2N3O4S2/c17-14-7-6-13(10-15(14)18)26(22,23)20-11-3-1-4-12(9-11)27(24,25)21-16-5-2-8-19-16/h1,3-4,6-7,9-10,20H,2,5,8H2,(H,19,21). The molecule has 0 bridgehead atoms. The highest BCUT2D eigenvalue weighted by molar-refractivity contribution is 7.92. The number of hydrogen-bond donors (Lipinski definition) is 2. The van der Waals surface area contributed by atoms with Crippen LogP contribution in [-0.4, -0.2) is 29.2 Å². The molecule has 0 spiro atoms. The first-order valence-corrected chi connectivity index (χ1v) is 11.5. The number of aliphatic imine (C=N–C) groups is 1. The van der Waals surface area contributed by atoms with Crippen molar-refractivity contribution in [2.24, 2.45) is 4.99 Å². The van der Waals surface area contributed by atoms with Gasteiger partial charge in [-0.1, -0.05) is 29.3 Å². The lowest BCUT2D eigenvalue weighted by Crippen LogP contribution is -2.29. The topological polar surface area (TPSA) is 105 Å². The maximum absolute atomic E-state index is 12.5. The average molecular weight is 448 g/mol. The van der Waals surface area contributed by atoms with Crippen molar-refractivity contribution in [1.82, 2.24) is 4.72 Å². The first-order valence-electron chi connectivity index (χ1n) is 7.81. The van der Waals surface area contributed by atoms with Gasteiger partial charge in [0.1, 0.15) is 5.84 Å². The Labute approximate surface area is 167 Å². The number of sulfonamides is 2. The smallest absolute Gasteiger partial charge is 0.262 e. The molecule has 0 saturated carbocycles. The van der Waals surface area contributed by atoms with Crippen LogP contribution >= 0.6 is 23.2 Å². The Morgan fingerprint density at radius 3 is 2.22 bits per heavy atom. The van der Waals surface area contributed by atoms with Gasteiger partial charge in [0.2, 0.25) is 0 Å². The summed E-state index contributed by atoms with van der Waals surface area (Å²) in [7, 11) is -7.82. The Kier molecular flexibility index (Phi) is 5.66. The van der Waals surface area contributed by atoms with Crippen LogP contribution in [0.5, 0.6) is 0 Å². The van der Waals surface area contributed by atoms with E-state index in [0.29, 0.717) is 18.8 Å². The van der Waals surface area contributed by atoms with E-state index in [1.54, 1.807) is 0 Å². The molecule has 2 N–H and O–H groups in total. The summed E-state index contributed by atoms with van der Waals surface area (Å²) in [4.78, 5) is 3.90. The fraction of sp³-hybridized carbons (Fsp3) is 0.188. The summed E-state index contributed by atoms with van der Waals surface area (Å²) in [5.41, 5.74) is 0.0947. The zero-order valence-electron chi connectivity index (χ0n) is 13.8. The second-order valence-electron chi connectivity index (χ2n) is 5.75. The van der Waals surface area contributed by atoms with E-state index in [1.807, 2.05) is 0 Å². The van der Waals surface area contributed by atoms with E-state index in [0.717, 1.165) is 6.42 Å². The summed E-state index contributed by atoms with van der Waals surface area (Å²) in [6, 6.07) is 9.37. The Hall–Kier alpha value is -1.81. The maximum Gasteiger partial charge on any atom is 0.262 e. The minimum atomic E-state index is -3.97. The van der Waals surface area contributed by atoms with Crippen molar-refractivity contribution in [3.8, 4) is 0 Å². The normalized spacial score (nSPS) is 14.7. The molecule has 1 aliphatic heterocycles. The first-order chi connectivity index (χ1) is 12.7. The van der Waals surface area contributed by atoms with Crippen LogP contribution in [0.1, 0.15) is 12.8 Å². The van der Waals surface area contributed by atoms with Crippen LogP contribution < -0.4 is 9.44 Å². The van der Waals surface area contributed by atoms with E-state index < -0.39 is 20.0 Å². The largest absolute Gasteiger partial charge is 0.280 e. The summed E-state index contributed by atoms with van der Waals surface area (Å²) in [5.74, 6) is 0.400. The predicted molar refractivity (Wildman–Crippen MR) is 106 cm³/mol. The molecule has 2 aromatic rings. The molecule has 27 heavy (non-hydrogen) atoms. The highest BCUT2D eigenvalue weighted by atomic mass is 35.5. The van der Waals surface area contributed by atoms with Crippen LogP contribution in [0.2, 0.25) is 10.0 Å². The summed E-state index contributed by atoms with van der Waals surface area (Å²) in [6.45, 7) is 0.585. The number of amidine groups is 1. The van der Waals surface area contributed by atoms with Gasteiger partial charge in [-0.3, -0.25) is 14.4 Å². The van der Waals surface area contributed by atoms with Gasteiger partial charge in [-0.15, -0.1) is 0 Å². The van der Waals surface area contributed by atoms with Gasteiger partial charge in [-0.2, -0.15) is 0 Å². The monoisotopic (exact) mass is 447 g/mol. The molecule has 0 aliphatic carbocycles. The Morgan fingerprint density at radius 2 is 1.56 bits per heavy atom. The molecule has 0 radical (unpaired) electrons. The maximum atomic E-state index is 12.5. The minimum Gasteiger partial charge on any atom is -0.280 e. The lowest BCUT2D eigenvalue weighted by atomic mass is 10.3. The number of hydrogen-bond acceptors (Lipinski definition) is 5. The molecule has 0 aromatic heterocycles. The van der Waals surface area contributed by atoms with E-state index in [2.05, 4.69) is 14.4 Å². The Balaban J connectivity index is 1.85. The van der Waals surface area contributed by atoms with E-state index in [-0.39, 0.29) is 25.5 Å². The molecule has 0 atom stereocenters. The zero-order chi connectivity index (χ0) is 19.7. The van der Waals surface area contributed by atoms with Crippen molar-refractivity contribution in [2.75, 3.05) is 11.3 Å². The number of halogens is 2. The van der Waals surface area contributed by atoms with E-state index in [1.165, 1.54) is 42.5 Å². The van der Waals surface area contributed by atoms with Crippen molar-refractivity contribution in [3.63, 3.8) is 0 Å². The quantitative estimate of drug-likeness (QED) is 0.733. The van der Waals surface area contributed by atoms with Gasteiger partial charge in [0.15, 0.2) is 0 Å². The van der Waals surface area contributed by atoms with Crippen LogP contribution in [0.3, 0.4) is 0 Å². The third-order valence-electron chi connectivity index (χ3n) is 3.72. The molecule has 0 fully saturated rings. The van der Waals surface area contributed by atoms with Gasteiger partial charge in [-0.05, 0) is 42.8 Å². The average Bonchev–Trinajstić information content (AvgIpc) is 3.09. The second kappa shape index (κ2) is 7.67. The summed E-state index contributed by atoms with van der Waals surface area (Å²) in [6.07, 6.45) is 1.35. The Bertz CT molecular complexity index is 1120. The zero-order valence-corrected chi connectivity index (χ0v) is 17.0. The molecular formula is C16H15Cl2N3O4S2. The number of nitrogens with one attached hydrogen (secondary N) is 2. The molecule has 144 valence electrons. The molecule has 3 rings (SSSR count). The minimum absolute atomic E-state index is 0.0774. The van der Waals surface area contributed by atoms with Crippen LogP contribution in [0.25, 0.3) is 0 Å². The molecular weight excluding hydrogens is 433 g/mol. The third-order valence-corrected chi connectivity index (χ3v) is 7.22. The van der Waals surface area contributed by atoms with Crippen molar-refractivity contribution in [3.05, 3.63) is 52.5 Å². The summed E-state index contributed by atoms with van der Waals surface area (Å²) < 4.78 is 54.7. The van der Waals surface area contributed by atoms with Crippen LogP contribution in [-0.2, 0) is 20.0 Å². The van der Waals surface area contributed by atoms with Gasteiger partial charge < -0.3 is 0 Å². The number of rotatable bonds is 5. The first kappa shape index (κ1) is 19.9. The lowest BCUT2D eigenvalue weighted by molar-refractivity contribution is 0.591. The number of nitrogens with zero attached hydrogens (tertiary/aromatic N) is 1. The number of benzene rings is 2. The van der Waals surface area contributed by atoms with Crippen molar-refractivity contribution in [2.45, 2.75) is 22.6 Å². The second-order valence-corrected chi connectivity index (χ2v) is 9.93. The van der Waals surface area contributed by atoms with Crippen LogP contribution in [0.4, 0.5) is 5.69 Å². The SMILES string of the molecule is O=S(=O)(NC1=NCCC1)c1cccc(NS(=O)(=O)c2ccc(Cl)c(Cl)c2)c1. The highest BCUT2D eigenvalue weighted by Gasteiger charge is 2.20. The molecule has 7 nitrogen and oxygen atoms in total. The fourth-order valence-corrected chi connectivity index (χ4v) is 4.99. The predicted octanol–water partition coefficient (Wildman–Crippen LogP) is 3.26. The molecule has 0 saturated heterocycles. The van der Waals surface area contributed by atoms with E-state index >= 15 is 0 Å². The number of anilines is 1. The van der Waals surface area contributed by atoms with E-state index in [4.69, 9.17) is 23.2 Å². The van der Waals surface area contributed by atoms with Crippen LogP contribution in [0.15, 0.2) is 57.2 Å². The van der Waals surface area contributed by atoms with Gasteiger partial charge in [0.25, 0.3) is 20.0 Å². The molecule has 11 heteroatoms. The summed E-state index contributed by atoms with van der Waals surface area (Å²) in [5, 5.41) is 0.321. The van der Waals surface area contributed by atoms with Gasteiger partial charge in [0.05, 0.1) is 25.5 Å². The van der Waals surface area contributed by atoms with Crippen molar-refractivity contribution >= 4 is 54.8 Å². The van der Waals surface area contributed by atoms with Crippen molar-refractivity contribution < 1.29 is 16.8 Å². The van der Waals surface area contributed by atoms with Gasteiger partial charge in [-0.25, -0.2) is 16.8 Å². The molecule has 0 unspecified atom stereocenters. The van der Waals surface area contributed by atoms with Gasteiger partial charge >= 0.3 is 0 Å². The third kappa shape index (κ3) is 4.73.